The van der Waals surface area contributed by atoms with Gasteiger partial charge in [0.15, 0.2) is 5.78 Å². The van der Waals surface area contributed by atoms with Gasteiger partial charge in [-0.2, -0.15) is 0 Å². The second-order valence-electron chi connectivity index (χ2n) is 9.46. The lowest BCUT2D eigenvalue weighted by atomic mass is 9.97. The zero-order valence-electron chi connectivity index (χ0n) is 22.5. The summed E-state index contributed by atoms with van der Waals surface area (Å²) in [5.41, 5.74) is 1.05. The Kier molecular flexibility index (Phi) is 7.26. The number of ether oxygens (including phenoxy) is 1. The van der Waals surface area contributed by atoms with Gasteiger partial charge in [-0.1, -0.05) is 97.1 Å². The molecule has 0 radical (unpaired) electrons. The molecule has 5 aromatic rings. The van der Waals surface area contributed by atoms with Gasteiger partial charge < -0.3 is 4.74 Å². The lowest BCUT2D eigenvalue weighted by Gasteiger charge is -2.27. The van der Waals surface area contributed by atoms with E-state index in [0.29, 0.717) is 11.4 Å². The molecule has 8 heteroatoms. The summed E-state index contributed by atoms with van der Waals surface area (Å²) in [7, 11) is -1.52. The SMILES string of the molecule is COC(=O)c1cccc(-c2ccc3c(n2)C(=O)C(N=P(c2ccccc2)(c2ccccc2)c2ccccc2)=CC3=O)n1. The van der Waals surface area contributed by atoms with Crippen molar-refractivity contribution < 1.29 is 19.1 Å². The van der Waals surface area contributed by atoms with Crippen LogP contribution in [-0.4, -0.2) is 34.6 Å². The van der Waals surface area contributed by atoms with E-state index in [-0.39, 0.29) is 28.4 Å². The average Bonchev–Trinajstić information content (AvgIpc) is 3.06. The summed E-state index contributed by atoms with van der Waals surface area (Å²) in [4.78, 5) is 48.4. The maximum absolute atomic E-state index is 14.1. The number of carbonyl (C=O) groups is 3. The summed E-state index contributed by atoms with van der Waals surface area (Å²) in [6.45, 7) is 0. The van der Waals surface area contributed by atoms with Gasteiger partial charge in [-0.25, -0.2) is 19.5 Å². The van der Waals surface area contributed by atoms with Crippen LogP contribution in [0.2, 0.25) is 0 Å². The molecule has 0 atom stereocenters. The number of methoxy groups -OCH3 is 1. The van der Waals surface area contributed by atoms with E-state index in [1.807, 2.05) is 91.0 Å². The maximum Gasteiger partial charge on any atom is 0.356 e. The molecule has 0 fully saturated rings. The van der Waals surface area contributed by atoms with Crippen LogP contribution < -0.4 is 15.9 Å². The van der Waals surface area contributed by atoms with E-state index in [2.05, 4.69) is 9.97 Å². The molecule has 0 N–H and O–H groups in total. The number of rotatable bonds is 6. The summed E-state index contributed by atoms with van der Waals surface area (Å²) in [5.74, 6) is -1.40. The summed E-state index contributed by atoms with van der Waals surface area (Å²) >= 11 is 0. The van der Waals surface area contributed by atoms with Crippen molar-refractivity contribution in [3.8, 4) is 11.4 Å². The number of esters is 1. The van der Waals surface area contributed by atoms with Crippen molar-refractivity contribution in [3.63, 3.8) is 0 Å². The van der Waals surface area contributed by atoms with Crippen molar-refractivity contribution in [2.45, 2.75) is 0 Å². The van der Waals surface area contributed by atoms with Crippen LogP contribution in [0.25, 0.3) is 11.4 Å². The van der Waals surface area contributed by atoms with Gasteiger partial charge in [-0.15, -0.1) is 0 Å². The molecular formula is C34H24N3O4P. The fourth-order valence-electron chi connectivity index (χ4n) is 4.95. The Morgan fingerprint density at radius 3 is 1.76 bits per heavy atom. The quantitative estimate of drug-likeness (QED) is 0.201. The second kappa shape index (κ2) is 11.3. The maximum atomic E-state index is 14.1. The summed E-state index contributed by atoms with van der Waals surface area (Å²) in [6.07, 6.45) is 1.31. The highest BCUT2D eigenvalue weighted by molar-refractivity contribution is 7.87. The van der Waals surface area contributed by atoms with E-state index in [1.54, 1.807) is 24.3 Å². The fraction of sp³-hybridized carbons (Fsp3) is 0.0294. The number of carbonyl (C=O) groups excluding carboxylic acids is 3. The third kappa shape index (κ3) is 4.80. The topological polar surface area (TPSA) is 98.6 Å². The molecule has 0 unspecified atom stereocenters. The molecule has 2 aromatic heterocycles. The number of fused-ring (bicyclic) bond motifs is 1. The Labute approximate surface area is 242 Å². The van der Waals surface area contributed by atoms with Gasteiger partial charge in [0.1, 0.15) is 17.1 Å². The highest BCUT2D eigenvalue weighted by Gasteiger charge is 2.33. The van der Waals surface area contributed by atoms with Crippen molar-refractivity contribution in [2.24, 2.45) is 4.74 Å². The van der Waals surface area contributed by atoms with Crippen molar-refractivity contribution >= 4 is 40.5 Å². The van der Waals surface area contributed by atoms with Crippen molar-refractivity contribution in [1.29, 1.82) is 0 Å². The van der Waals surface area contributed by atoms with Gasteiger partial charge in [0.2, 0.25) is 5.78 Å². The number of hydrogen-bond acceptors (Lipinski definition) is 7. The number of benzene rings is 3. The normalized spacial score (nSPS) is 12.7. The van der Waals surface area contributed by atoms with Crippen LogP contribution >= 0.6 is 7.05 Å². The number of pyridine rings is 2. The molecule has 1 aliphatic rings. The van der Waals surface area contributed by atoms with E-state index in [1.165, 1.54) is 19.3 Å². The highest BCUT2D eigenvalue weighted by Crippen LogP contribution is 2.48. The minimum Gasteiger partial charge on any atom is -0.464 e. The molecule has 2 heterocycles. The van der Waals surface area contributed by atoms with Crippen LogP contribution in [0.1, 0.15) is 31.3 Å². The van der Waals surface area contributed by atoms with Crippen LogP contribution in [0.5, 0.6) is 0 Å². The molecule has 0 aliphatic heterocycles. The molecule has 0 spiro atoms. The van der Waals surface area contributed by atoms with Gasteiger partial charge in [-0.3, -0.25) is 9.59 Å². The number of Topliss-reactive ketones (excluding diaryl/α,β-unsaturated/α-hetero) is 1. The molecule has 42 heavy (non-hydrogen) atoms. The molecule has 0 amide bonds. The molecular weight excluding hydrogens is 545 g/mol. The van der Waals surface area contributed by atoms with Gasteiger partial charge in [0.25, 0.3) is 0 Å². The van der Waals surface area contributed by atoms with Crippen LogP contribution in [0.15, 0.2) is 138 Å². The monoisotopic (exact) mass is 569 g/mol. The largest absolute Gasteiger partial charge is 0.464 e. The number of aromatic nitrogens is 2. The van der Waals surface area contributed by atoms with E-state index < -0.39 is 18.8 Å². The first-order valence-corrected chi connectivity index (χ1v) is 14.9. The fourth-order valence-corrected chi connectivity index (χ4v) is 8.47. The van der Waals surface area contributed by atoms with Gasteiger partial charge in [0.05, 0.1) is 31.1 Å². The second-order valence-corrected chi connectivity index (χ2v) is 12.5. The summed E-state index contributed by atoms with van der Waals surface area (Å²) < 4.78 is 10.0. The molecule has 3 aromatic carbocycles. The summed E-state index contributed by atoms with van der Waals surface area (Å²) in [6, 6.07) is 37.6. The van der Waals surface area contributed by atoms with Crippen LogP contribution in [0, 0.1) is 0 Å². The number of ketones is 2. The van der Waals surface area contributed by atoms with E-state index in [0.717, 1.165) is 15.9 Å². The van der Waals surface area contributed by atoms with Gasteiger partial charge >= 0.3 is 5.97 Å². The molecule has 204 valence electrons. The van der Waals surface area contributed by atoms with Crippen molar-refractivity contribution in [2.75, 3.05) is 7.11 Å². The average molecular weight is 570 g/mol. The first kappa shape index (κ1) is 26.9. The zero-order valence-corrected chi connectivity index (χ0v) is 23.4. The summed E-state index contributed by atoms with van der Waals surface area (Å²) in [5, 5.41) is 2.83. The zero-order chi connectivity index (χ0) is 29.1. The lowest BCUT2D eigenvalue weighted by Crippen LogP contribution is -2.26. The highest BCUT2D eigenvalue weighted by atomic mass is 31.2. The van der Waals surface area contributed by atoms with E-state index in [9.17, 15) is 14.4 Å². The molecule has 6 rings (SSSR count). The molecule has 1 aliphatic carbocycles. The van der Waals surface area contributed by atoms with Crippen LogP contribution in [0.4, 0.5) is 0 Å². The van der Waals surface area contributed by atoms with Gasteiger partial charge in [-0.05, 0) is 24.3 Å². The Bertz CT molecular complexity index is 1820. The van der Waals surface area contributed by atoms with Crippen LogP contribution in [-0.2, 0) is 4.74 Å². The lowest BCUT2D eigenvalue weighted by molar-refractivity contribution is 0.0594. The van der Waals surface area contributed by atoms with Gasteiger partial charge in [0, 0.05) is 22.0 Å². The van der Waals surface area contributed by atoms with Crippen molar-refractivity contribution in [1.82, 2.24) is 9.97 Å². The van der Waals surface area contributed by atoms with E-state index >= 15 is 0 Å². The first-order valence-electron chi connectivity index (χ1n) is 13.2. The predicted octanol–water partition coefficient (Wildman–Crippen LogP) is 5.37. The Morgan fingerprint density at radius 1 is 0.667 bits per heavy atom. The van der Waals surface area contributed by atoms with Crippen molar-refractivity contribution in [3.05, 3.63) is 150 Å². The Hall–Kier alpha value is -5.26. The molecule has 7 nitrogen and oxygen atoms in total. The standard InChI is InChI=1S/C34H24N3O4P/c1-41-34(40)29-19-11-18-27(35-29)28-21-20-26-31(38)22-30(33(39)32(26)36-28)37-42(23-12-5-2-6-13-23,24-14-7-3-8-15-24)25-16-9-4-10-17-25/h2-22H,1H3. The third-order valence-corrected chi connectivity index (χ3v) is 10.6. The van der Waals surface area contributed by atoms with E-state index in [4.69, 9.17) is 9.48 Å². The Balaban J connectivity index is 1.55. The molecule has 0 saturated carbocycles. The number of nitrogens with zero attached hydrogens (tertiary/aromatic N) is 3. The molecule has 0 saturated heterocycles. The number of hydrogen-bond donors (Lipinski definition) is 0. The number of allylic oxidation sites excluding steroid dienone is 2. The minimum absolute atomic E-state index is 0.00342. The Morgan fingerprint density at radius 2 is 1.21 bits per heavy atom. The molecule has 0 bridgehead atoms. The van der Waals surface area contributed by atoms with Crippen LogP contribution in [0.3, 0.4) is 0 Å². The third-order valence-electron chi connectivity index (χ3n) is 6.93. The predicted molar refractivity (Wildman–Crippen MR) is 163 cm³/mol. The smallest absolute Gasteiger partial charge is 0.356 e. The minimum atomic E-state index is -2.80. The first-order chi connectivity index (χ1) is 20.5.